The van der Waals surface area contributed by atoms with Crippen molar-refractivity contribution in [1.29, 1.82) is 0 Å². The highest BCUT2D eigenvalue weighted by atomic mass is 14.7. The fourth-order valence-corrected chi connectivity index (χ4v) is 1.15. The van der Waals surface area contributed by atoms with E-state index in [9.17, 15) is 0 Å². The van der Waals surface area contributed by atoms with Gasteiger partial charge in [-0.05, 0) is 30.4 Å². The van der Waals surface area contributed by atoms with Crippen LogP contribution in [0.1, 0.15) is 30.0 Å². The fraction of sp³-hybridized carbons (Fsp3) is 0.300. The molecular weight excluding hydrogens is 134 g/mol. The Balaban J connectivity index is 2.27. The van der Waals surface area contributed by atoms with Gasteiger partial charge in [0.25, 0.3) is 0 Å². The first-order chi connectivity index (χ1) is 5.40. The molecule has 0 radical (unpaired) electrons. The lowest BCUT2D eigenvalue weighted by Gasteiger charge is -1.95. The molecule has 1 fully saturated rings. The molecule has 1 aliphatic carbocycles. The van der Waals surface area contributed by atoms with Crippen LogP contribution in [0.4, 0.5) is 0 Å². The average molecular weight is 143 g/mol. The maximum Gasteiger partial charge on any atom is 0.112 e. The fourth-order valence-electron chi connectivity index (χ4n) is 1.15. The normalized spacial score (nSPS) is 15.9. The van der Waals surface area contributed by atoms with Gasteiger partial charge in [-0.3, -0.25) is 0 Å². The van der Waals surface area contributed by atoms with E-state index in [0.29, 0.717) is 0 Å². The van der Waals surface area contributed by atoms with Crippen LogP contribution >= 0.6 is 0 Å². The molecule has 0 amide bonds. The number of terminal acetylenes is 1. The van der Waals surface area contributed by atoms with Gasteiger partial charge in [0.05, 0.1) is 0 Å². The second-order valence-electron chi connectivity index (χ2n) is 2.90. The minimum atomic E-state index is 0.731. The summed E-state index contributed by atoms with van der Waals surface area (Å²) in [6, 6.07) is 3.99. The van der Waals surface area contributed by atoms with Gasteiger partial charge in [-0.15, -0.1) is 6.42 Å². The van der Waals surface area contributed by atoms with Crippen LogP contribution in [0.5, 0.6) is 0 Å². The Kier molecular flexibility index (Phi) is 1.40. The number of nitrogens with zero attached hydrogens (tertiary/aromatic N) is 1. The molecule has 1 heterocycles. The SMILES string of the molecule is C#Cc1ccc(C2CC2)cn1. The molecule has 0 aliphatic heterocycles. The Labute approximate surface area is 66.5 Å². The van der Waals surface area contributed by atoms with E-state index in [1.807, 2.05) is 12.3 Å². The lowest BCUT2D eigenvalue weighted by Crippen LogP contribution is -1.84. The highest BCUT2D eigenvalue weighted by Crippen LogP contribution is 2.39. The molecule has 0 spiro atoms. The van der Waals surface area contributed by atoms with Crippen LogP contribution in [0.15, 0.2) is 18.3 Å². The quantitative estimate of drug-likeness (QED) is 0.547. The molecule has 0 saturated heterocycles. The van der Waals surface area contributed by atoms with Gasteiger partial charge < -0.3 is 0 Å². The summed E-state index contributed by atoms with van der Waals surface area (Å²) in [6.07, 6.45) is 9.71. The monoisotopic (exact) mass is 143 g/mol. The molecule has 0 bridgehead atoms. The molecule has 1 aliphatic rings. The van der Waals surface area contributed by atoms with Gasteiger partial charge in [-0.25, -0.2) is 4.98 Å². The van der Waals surface area contributed by atoms with Crippen molar-refractivity contribution < 1.29 is 0 Å². The zero-order valence-corrected chi connectivity index (χ0v) is 6.25. The van der Waals surface area contributed by atoms with E-state index in [2.05, 4.69) is 17.0 Å². The first-order valence-electron chi connectivity index (χ1n) is 3.83. The zero-order chi connectivity index (χ0) is 7.68. The summed E-state index contributed by atoms with van der Waals surface area (Å²) in [7, 11) is 0. The lowest BCUT2D eigenvalue weighted by molar-refractivity contribution is 1.09. The molecule has 0 unspecified atom stereocenters. The number of pyridine rings is 1. The van der Waals surface area contributed by atoms with E-state index in [4.69, 9.17) is 6.42 Å². The second-order valence-corrected chi connectivity index (χ2v) is 2.90. The van der Waals surface area contributed by atoms with Crippen molar-refractivity contribution in [2.24, 2.45) is 0 Å². The maximum atomic E-state index is 5.18. The second kappa shape index (κ2) is 2.39. The lowest BCUT2D eigenvalue weighted by atomic mass is 10.2. The molecule has 0 aromatic carbocycles. The molecule has 1 saturated carbocycles. The van der Waals surface area contributed by atoms with E-state index in [1.54, 1.807) is 0 Å². The summed E-state index contributed by atoms with van der Waals surface area (Å²) in [5, 5.41) is 0. The minimum Gasteiger partial charge on any atom is -0.248 e. The topological polar surface area (TPSA) is 12.9 Å². The van der Waals surface area contributed by atoms with Crippen molar-refractivity contribution in [1.82, 2.24) is 4.98 Å². The largest absolute Gasteiger partial charge is 0.248 e. The van der Waals surface area contributed by atoms with Gasteiger partial charge in [0.2, 0.25) is 0 Å². The van der Waals surface area contributed by atoms with E-state index < -0.39 is 0 Å². The summed E-state index contributed by atoms with van der Waals surface area (Å²) in [4.78, 5) is 4.12. The average Bonchev–Trinajstić information content (AvgIpc) is 2.87. The Morgan fingerprint density at radius 3 is 2.73 bits per heavy atom. The number of hydrogen-bond acceptors (Lipinski definition) is 1. The number of aromatic nitrogens is 1. The predicted molar refractivity (Wildman–Crippen MR) is 44.1 cm³/mol. The first kappa shape index (κ1) is 6.42. The zero-order valence-electron chi connectivity index (χ0n) is 6.25. The van der Waals surface area contributed by atoms with Crippen molar-refractivity contribution in [3.8, 4) is 12.3 Å². The number of hydrogen-bond donors (Lipinski definition) is 0. The summed E-state index contributed by atoms with van der Waals surface area (Å²) < 4.78 is 0. The van der Waals surface area contributed by atoms with Gasteiger partial charge in [0.1, 0.15) is 5.69 Å². The van der Waals surface area contributed by atoms with Gasteiger partial charge in [0.15, 0.2) is 0 Å². The third-order valence-corrected chi connectivity index (χ3v) is 1.98. The van der Waals surface area contributed by atoms with Gasteiger partial charge in [0, 0.05) is 6.20 Å². The molecule has 1 aromatic heterocycles. The van der Waals surface area contributed by atoms with Crippen LogP contribution in [0.25, 0.3) is 0 Å². The van der Waals surface area contributed by atoms with Crippen molar-refractivity contribution in [2.75, 3.05) is 0 Å². The Morgan fingerprint density at radius 2 is 2.27 bits per heavy atom. The third-order valence-electron chi connectivity index (χ3n) is 1.98. The van der Waals surface area contributed by atoms with Gasteiger partial charge in [-0.2, -0.15) is 0 Å². The highest BCUT2D eigenvalue weighted by Gasteiger charge is 2.23. The molecular formula is C10H9N. The Hall–Kier alpha value is -1.29. The number of rotatable bonds is 1. The van der Waals surface area contributed by atoms with E-state index in [-0.39, 0.29) is 0 Å². The third kappa shape index (κ3) is 1.25. The summed E-state index contributed by atoms with van der Waals surface area (Å²) >= 11 is 0. The minimum absolute atomic E-state index is 0.731. The van der Waals surface area contributed by atoms with Crippen LogP contribution < -0.4 is 0 Å². The standard InChI is InChI=1S/C10H9N/c1-2-10-6-5-9(7-11-10)8-3-4-8/h1,5-8H,3-4H2. The summed E-state index contributed by atoms with van der Waals surface area (Å²) in [6.45, 7) is 0. The van der Waals surface area contributed by atoms with E-state index in [0.717, 1.165) is 11.6 Å². The van der Waals surface area contributed by atoms with E-state index in [1.165, 1.54) is 18.4 Å². The summed E-state index contributed by atoms with van der Waals surface area (Å²) in [5.74, 6) is 3.27. The van der Waals surface area contributed by atoms with E-state index >= 15 is 0 Å². The Bertz CT molecular complexity index is 288. The summed E-state index contributed by atoms with van der Waals surface area (Å²) in [5.41, 5.74) is 2.07. The smallest absolute Gasteiger partial charge is 0.112 e. The van der Waals surface area contributed by atoms with Crippen molar-refractivity contribution in [3.05, 3.63) is 29.6 Å². The van der Waals surface area contributed by atoms with Crippen molar-refractivity contribution in [3.63, 3.8) is 0 Å². The molecule has 1 heteroatoms. The van der Waals surface area contributed by atoms with Crippen molar-refractivity contribution in [2.45, 2.75) is 18.8 Å². The molecule has 0 atom stereocenters. The molecule has 2 rings (SSSR count). The predicted octanol–water partition coefficient (Wildman–Crippen LogP) is 1.94. The van der Waals surface area contributed by atoms with Crippen molar-refractivity contribution >= 4 is 0 Å². The molecule has 54 valence electrons. The van der Waals surface area contributed by atoms with Gasteiger partial charge >= 0.3 is 0 Å². The van der Waals surface area contributed by atoms with Crippen LogP contribution in [-0.4, -0.2) is 4.98 Å². The van der Waals surface area contributed by atoms with Crippen LogP contribution in [0, 0.1) is 12.3 Å². The Morgan fingerprint density at radius 1 is 1.45 bits per heavy atom. The molecule has 1 aromatic rings. The van der Waals surface area contributed by atoms with Gasteiger partial charge in [-0.1, -0.05) is 12.0 Å². The first-order valence-corrected chi connectivity index (χ1v) is 3.83. The molecule has 11 heavy (non-hydrogen) atoms. The maximum absolute atomic E-state index is 5.18. The van der Waals surface area contributed by atoms with Crippen LogP contribution in [0.3, 0.4) is 0 Å². The van der Waals surface area contributed by atoms with Crippen LogP contribution in [-0.2, 0) is 0 Å². The molecule has 0 N–H and O–H groups in total. The van der Waals surface area contributed by atoms with Crippen LogP contribution in [0.2, 0.25) is 0 Å². The molecule has 1 nitrogen and oxygen atoms in total. The highest BCUT2D eigenvalue weighted by molar-refractivity contribution is 5.29.